The third-order valence-electron chi connectivity index (χ3n) is 6.53. The number of hydrogen-bond acceptors (Lipinski definition) is 8. The molecule has 0 aromatic heterocycles. The number of aliphatic carboxylic acids is 4. The molecule has 0 amide bonds. The molecule has 1 saturated heterocycles. The molecule has 4 N–H and O–H groups in total. The van der Waals surface area contributed by atoms with Gasteiger partial charge < -0.3 is 20.4 Å². The van der Waals surface area contributed by atoms with Gasteiger partial charge in [0.15, 0.2) is 0 Å². The summed E-state index contributed by atoms with van der Waals surface area (Å²) in [7, 11) is 0. The predicted molar refractivity (Wildman–Crippen MR) is 139 cm³/mol. The first-order chi connectivity index (χ1) is 18.0. The van der Waals surface area contributed by atoms with Crippen molar-refractivity contribution in [3.63, 3.8) is 0 Å². The zero-order valence-electron chi connectivity index (χ0n) is 22.0. The van der Waals surface area contributed by atoms with Gasteiger partial charge in [-0.05, 0) is 31.2 Å². The Labute approximate surface area is 223 Å². The molecule has 1 aliphatic heterocycles. The van der Waals surface area contributed by atoms with E-state index >= 15 is 0 Å². The highest BCUT2D eigenvalue weighted by Crippen LogP contribution is 2.15. The maximum atomic E-state index is 11.6. The molecule has 0 radical (unpaired) electrons. The van der Waals surface area contributed by atoms with Gasteiger partial charge in [-0.25, -0.2) is 0 Å². The molecule has 2 rings (SSSR count). The van der Waals surface area contributed by atoms with Gasteiger partial charge in [0.25, 0.3) is 0 Å². The Hall–Kier alpha value is -3.06. The van der Waals surface area contributed by atoms with Gasteiger partial charge in [-0.15, -0.1) is 0 Å². The number of rotatable bonds is 10. The molecule has 0 spiro atoms. The summed E-state index contributed by atoms with van der Waals surface area (Å²) < 4.78 is 0. The predicted octanol–water partition coefficient (Wildman–Crippen LogP) is 0.104. The Morgan fingerprint density at radius 3 is 1.39 bits per heavy atom. The number of hydrogen-bond donors (Lipinski definition) is 4. The molecule has 12 nitrogen and oxygen atoms in total. The van der Waals surface area contributed by atoms with Crippen molar-refractivity contribution in [2.24, 2.45) is 5.92 Å². The number of carboxylic acid groups (broad SMARTS) is 4. The SMILES string of the molecule is Cc1ccc(CC2CN(CC(=O)O)CCN(CC(=O)O)CCCN(CC(=O)O)CCN(CC(=O)O)C2)cc1. The smallest absolute Gasteiger partial charge is 0.317 e. The summed E-state index contributed by atoms with van der Waals surface area (Å²) >= 11 is 0. The van der Waals surface area contributed by atoms with Crippen LogP contribution >= 0.6 is 0 Å². The first kappa shape index (κ1) is 31.2. The molecule has 0 unspecified atom stereocenters. The van der Waals surface area contributed by atoms with Crippen LogP contribution in [0.1, 0.15) is 17.5 Å². The molecular formula is C26H40N4O8. The lowest BCUT2D eigenvalue weighted by Crippen LogP contribution is -2.47. The molecule has 1 aromatic carbocycles. The van der Waals surface area contributed by atoms with Crippen LogP contribution in [0.4, 0.5) is 0 Å². The van der Waals surface area contributed by atoms with Crippen LogP contribution in [-0.2, 0) is 25.6 Å². The molecule has 1 aliphatic rings. The monoisotopic (exact) mass is 536 g/mol. The van der Waals surface area contributed by atoms with Crippen molar-refractivity contribution >= 4 is 23.9 Å². The van der Waals surface area contributed by atoms with Gasteiger partial charge in [-0.2, -0.15) is 0 Å². The fourth-order valence-electron chi connectivity index (χ4n) is 4.83. The zero-order chi connectivity index (χ0) is 28.1. The number of benzene rings is 1. The second-order valence-electron chi connectivity index (χ2n) is 10.0. The summed E-state index contributed by atoms with van der Waals surface area (Å²) in [6.45, 7) is 4.12. The van der Waals surface area contributed by atoms with Crippen molar-refractivity contribution in [2.75, 3.05) is 78.5 Å². The molecule has 0 saturated carbocycles. The van der Waals surface area contributed by atoms with E-state index in [0.29, 0.717) is 65.2 Å². The van der Waals surface area contributed by atoms with Gasteiger partial charge in [-0.1, -0.05) is 29.8 Å². The number of carboxylic acids is 4. The van der Waals surface area contributed by atoms with Crippen LogP contribution in [0.25, 0.3) is 0 Å². The van der Waals surface area contributed by atoms with Crippen molar-refractivity contribution in [1.29, 1.82) is 0 Å². The molecule has 38 heavy (non-hydrogen) atoms. The van der Waals surface area contributed by atoms with E-state index in [2.05, 4.69) is 0 Å². The summed E-state index contributed by atoms with van der Waals surface area (Å²) in [5.41, 5.74) is 2.16. The highest BCUT2D eigenvalue weighted by molar-refractivity contribution is 5.70. The molecule has 1 fully saturated rings. The molecule has 0 atom stereocenters. The third kappa shape index (κ3) is 13.0. The molecule has 0 bridgehead atoms. The molecular weight excluding hydrogens is 496 g/mol. The van der Waals surface area contributed by atoms with Crippen molar-refractivity contribution in [1.82, 2.24) is 19.6 Å². The zero-order valence-corrected chi connectivity index (χ0v) is 22.0. The standard InChI is InChI=1S/C26H40N4O8/c1-20-3-5-21(6-4-20)13-22-14-29(18-25(35)36)11-9-27(16-23(31)32)7-2-8-28(17-24(33)34)10-12-30(15-22)19-26(37)38/h3-6,22H,2,7-19H2,1H3,(H,31,32)(H,33,34)(H,35,36)(H,37,38). The minimum Gasteiger partial charge on any atom is -0.480 e. The van der Waals surface area contributed by atoms with E-state index < -0.39 is 23.9 Å². The largest absolute Gasteiger partial charge is 0.480 e. The number of nitrogens with zero attached hydrogens (tertiary/aromatic N) is 4. The quantitative estimate of drug-likeness (QED) is 0.320. The fourth-order valence-corrected chi connectivity index (χ4v) is 4.83. The lowest BCUT2D eigenvalue weighted by molar-refractivity contribution is -0.141. The van der Waals surface area contributed by atoms with E-state index in [1.807, 2.05) is 31.2 Å². The van der Waals surface area contributed by atoms with E-state index in [4.69, 9.17) is 0 Å². The Morgan fingerprint density at radius 1 is 0.632 bits per heavy atom. The summed E-state index contributed by atoms with van der Waals surface area (Å²) in [4.78, 5) is 53.2. The van der Waals surface area contributed by atoms with Crippen LogP contribution in [0.2, 0.25) is 0 Å². The highest BCUT2D eigenvalue weighted by Gasteiger charge is 2.24. The van der Waals surface area contributed by atoms with E-state index in [-0.39, 0.29) is 32.1 Å². The Bertz CT molecular complexity index is 876. The second-order valence-corrected chi connectivity index (χ2v) is 10.0. The summed E-state index contributed by atoms with van der Waals surface area (Å²) in [6.07, 6.45) is 1.12. The highest BCUT2D eigenvalue weighted by atomic mass is 16.4. The first-order valence-electron chi connectivity index (χ1n) is 12.8. The lowest BCUT2D eigenvalue weighted by atomic mass is 9.97. The van der Waals surface area contributed by atoms with Gasteiger partial charge in [0.1, 0.15) is 0 Å². The van der Waals surface area contributed by atoms with Crippen LogP contribution in [0.3, 0.4) is 0 Å². The topological polar surface area (TPSA) is 162 Å². The third-order valence-corrected chi connectivity index (χ3v) is 6.53. The Kier molecular flexibility index (Phi) is 13.1. The van der Waals surface area contributed by atoms with E-state index in [9.17, 15) is 39.6 Å². The summed E-state index contributed by atoms with van der Waals surface area (Å²) in [5.74, 6) is -4.06. The average Bonchev–Trinajstić information content (AvgIpc) is 2.80. The van der Waals surface area contributed by atoms with Gasteiger partial charge in [0.2, 0.25) is 0 Å². The Balaban J connectivity index is 2.34. The van der Waals surface area contributed by atoms with Crippen LogP contribution in [0, 0.1) is 12.8 Å². The van der Waals surface area contributed by atoms with Crippen LogP contribution in [-0.4, -0.2) is 142 Å². The number of carbonyl (C=O) groups is 4. The maximum absolute atomic E-state index is 11.6. The van der Waals surface area contributed by atoms with E-state index in [1.165, 1.54) is 0 Å². The summed E-state index contributed by atoms with van der Waals surface area (Å²) in [5, 5.41) is 37.8. The van der Waals surface area contributed by atoms with Crippen molar-refractivity contribution in [3.05, 3.63) is 35.4 Å². The van der Waals surface area contributed by atoms with Gasteiger partial charge in [0, 0.05) is 52.4 Å². The summed E-state index contributed by atoms with van der Waals surface area (Å²) in [6, 6.07) is 8.01. The molecule has 212 valence electrons. The van der Waals surface area contributed by atoms with Crippen molar-refractivity contribution in [2.45, 2.75) is 19.8 Å². The van der Waals surface area contributed by atoms with E-state index in [0.717, 1.165) is 11.1 Å². The first-order valence-corrected chi connectivity index (χ1v) is 12.8. The van der Waals surface area contributed by atoms with Gasteiger partial charge in [-0.3, -0.25) is 38.8 Å². The molecule has 12 heteroatoms. The number of aryl methyl sites for hydroxylation is 1. The van der Waals surface area contributed by atoms with Gasteiger partial charge >= 0.3 is 23.9 Å². The fraction of sp³-hybridized carbons (Fsp3) is 0.615. The molecule has 1 heterocycles. The van der Waals surface area contributed by atoms with Gasteiger partial charge in [0.05, 0.1) is 26.2 Å². The molecule has 1 aromatic rings. The lowest BCUT2D eigenvalue weighted by Gasteiger charge is -2.34. The minimum absolute atomic E-state index is 0.111. The maximum Gasteiger partial charge on any atom is 0.317 e. The van der Waals surface area contributed by atoms with Crippen molar-refractivity contribution in [3.8, 4) is 0 Å². The normalized spacial score (nSPS) is 18.6. The van der Waals surface area contributed by atoms with Crippen molar-refractivity contribution < 1.29 is 39.6 Å². The second kappa shape index (κ2) is 16.0. The van der Waals surface area contributed by atoms with E-state index in [1.54, 1.807) is 19.6 Å². The minimum atomic E-state index is -0.989. The Morgan fingerprint density at radius 2 is 1.00 bits per heavy atom. The average molecular weight is 537 g/mol. The molecule has 0 aliphatic carbocycles. The van der Waals surface area contributed by atoms with Crippen LogP contribution < -0.4 is 0 Å². The van der Waals surface area contributed by atoms with Crippen LogP contribution in [0.5, 0.6) is 0 Å². The van der Waals surface area contributed by atoms with Crippen LogP contribution in [0.15, 0.2) is 24.3 Å².